The van der Waals surface area contributed by atoms with E-state index in [2.05, 4.69) is 293 Å². The van der Waals surface area contributed by atoms with Crippen LogP contribution in [0.3, 0.4) is 0 Å². The molecule has 3 aromatic heterocycles. The predicted octanol–water partition coefficient (Wildman–Crippen LogP) is 18.4. The quantitative estimate of drug-likeness (QED) is 0.142. The zero-order chi connectivity index (χ0) is 54.5. The smallest absolute Gasteiger partial charge is 0.252 e. The summed E-state index contributed by atoms with van der Waals surface area (Å²) >= 11 is 1.88. The Hall–Kier alpha value is -10.6. The lowest BCUT2D eigenvalue weighted by Crippen LogP contribution is -2.61. The van der Waals surface area contributed by atoms with Crippen LogP contribution in [-0.4, -0.2) is 21.2 Å². The Morgan fingerprint density at radius 3 is 1.51 bits per heavy atom. The molecule has 0 bridgehead atoms. The number of fused-ring (bicyclic) bond motifs is 11. The Labute approximate surface area is 485 Å². The van der Waals surface area contributed by atoms with E-state index < -0.39 is 0 Å². The predicted molar refractivity (Wildman–Crippen MR) is 350 cm³/mol. The van der Waals surface area contributed by atoms with Crippen molar-refractivity contribution in [2.45, 2.75) is 0 Å². The van der Waals surface area contributed by atoms with Crippen LogP contribution in [0.15, 0.2) is 291 Å². The summed E-state index contributed by atoms with van der Waals surface area (Å²) in [6.07, 6.45) is 0. The lowest BCUT2D eigenvalue weighted by molar-refractivity contribution is 1.16. The normalized spacial score (nSPS) is 12.5. The molecule has 7 heteroatoms. The molecule has 0 saturated heterocycles. The average molecular weight is 1070 g/mol. The van der Waals surface area contributed by atoms with Crippen LogP contribution in [0.5, 0.6) is 0 Å². The molecule has 15 aromatic rings. The molecule has 5 nitrogen and oxygen atoms in total. The minimum atomic E-state index is 0.0927. The molecule has 0 amide bonds. The lowest BCUT2D eigenvalue weighted by atomic mass is 9.33. The number of nitrogens with zero attached hydrogens (tertiary/aromatic N) is 5. The number of hydrogen-bond donors (Lipinski definition) is 0. The van der Waals surface area contributed by atoms with Gasteiger partial charge in [0.2, 0.25) is 0 Å². The summed E-state index contributed by atoms with van der Waals surface area (Å²) in [6.45, 7) is 0.0927. The molecule has 0 spiro atoms. The van der Waals surface area contributed by atoms with Crippen LogP contribution in [0, 0.1) is 0 Å². The van der Waals surface area contributed by atoms with Gasteiger partial charge in [-0.25, -0.2) is 9.97 Å². The number of thiophene rings is 1. The van der Waals surface area contributed by atoms with Crippen LogP contribution >= 0.6 is 11.3 Å². The monoisotopic (exact) mass is 1070 g/mol. The van der Waals surface area contributed by atoms with E-state index in [1.165, 1.54) is 75.6 Å². The standard InChI is InChI=1S/C76H48BN5S/c1-4-19-52(20-5-1)63-48-64(53-21-6-2-7-22-53)79-76(78-63)54-41-45-66(82-65-29-14-10-26-59(65)73-69(82)46-44-58-57-25-11-17-34-72(57)83-75(58)73)60(47-54)51-37-35-49(36-38-51)50-39-42-56(43-40-50)81-68-31-16-13-28-62(68)77-61-27-12-15-30-67(61)80(55-23-8-3-9-24-55)70-32-18-33-71(81)74(70)77/h1-48H. The highest BCUT2D eigenvalue weighted by Crippen LogP contribution is 2.47. The second-order valence-electron chi connectivity index (χ2n) is 21.6. The summed E-state index contributed by atoms with van der Waals surface area (Å²) in [4.78, 5) is 15.5. The van der Waals surface area contributed by atoms with Gasteiger partial charge in [0.05, 0.1) is 28.1 Å². The van der Waals surface area contributed by atoms with E-state index in [0.717, 1.165) is 72.9 Å². The fourth-order valence-electron chi connectivity index (χ4n) is 13.3. The van der Waals surface area contributed by atoms with Gasteiger partial charge in [0.15, 0.2) is 5.82 Å². The number of anilines is 6. The molecule has 0 saturated carbocycles. The Kier molecular flexibility index (Phi) is 10.8. The van der Waals surface area contributed by atoms with Crippen molar-refractivity contribution in [2.24, 2.45) is 0 Å². The van der Waals surface area contributed by atoms with Gasteiger partial charge >= 0.3 is 0 Å². The van der Waals surface area contributed by atoms with Gasteiger partial charge in [-0.3, -0.25) is 0 Å². The maximum absolute atomic E-state index is 5.32. The van der Waals surface area contributed by atoms with Crippen molar-refractivity contribution in [3.05, 3.63) is 291 Å². The third kappa shape index (κ3) is 7.55. The molecule has 0 aliphatic carbocycles. The van der Waals surface area contributed by atoms with Gasteiger partial charge in [-0.1, -0.05) is 200 Å². The Morgan fingerprint density at radius 2 is 0.843 bits per heavy atom. The van der Waals surface area contributed by atoms with Crippen molar-refractivity contribution in [1.82, 2.24) is 14.5 Å². The minimum absolute atomic E-state index is 0.0927. The van der Waals surface area contributed by atoms with Crippen LogP contribution < -0.4 is 26.2 Å². The SMILES string of the molecule is c1ccc(-c2cc(-c3ccccc3)nc(-c3ccc(-n4c5ccccc5c5c6sc7ccccc7c6ccc54)c(-c4ccc(-c5ccc(N6c7ccccc7B7c8ccccc8N(c8ccccc8)c8cccc6c87)cc5)cc4)c3)n2)cc1. The molecule has 0 fully saturated rings. The zero-order valence-electron chi connectivity index (χ0n) is 44.9. The molecule has 0 N–H and O–H groups in total. The van der Waals surface area contributed by atoms with E-state index in [4.69, 9.17) is 9.97 Å². The lowest BCUT2D eigenvalue weighted by Gasteiger charge is -2.44. The second-order valence-corrected chi connectivity index (χ2v) is 22.7. The molecule has 83 heavy (non-hydrogen) atoms. The molecule has 5 heterocycles. The van der Waals surface area contributed by atoms with Crippen LogP contribution in [0.1, 0.15) is 0 Å². The number of benzene rings is 12. The number of rotatable bonds is 8. The summed E-state index contributed by atoms with van der Waals surface area (Å²) in [5, 5.41) is 5.10. The van der Waals surface area contributed by atoms with Gasteiger partial charge in [0.25, 0.3) is 6.71 Å². The Balaban J connectivity index is 0.797. The van der Waals surface area contributed by atoms with E-state index >= 15 is 0 Å². The summed E-state index contributed by atoms with van der Waals surface area (Å²) in [5.41, 5.74) is 23.7. The Bertz CT molecular complexity index is 4980. The third-order valence-electron chi connectivity index (χ3n) is 17.0. The maximum Gasteiger partial charge on any atom is 0.252 e. The summed E-state index contributed by atoms with van der Waals surface area (Å²) < 4.78 is 5.08. The van der Waals surface area contributed by atoms with Crippen molar-refractivity contribution in [1.29, 1.82) is 0 Å². The van der Waals surface area contributed by atoms with E-state index in [9.17, 15) is 0 Å². The molecular formula is C76H48BN5S. The van der Waals surface area contributed by atoms with Gasteiger partial charge in [-0.15, -0.1) is 11.3 Å². The molecule has 0 unspecified atom stereocenters. The van der Waals surface area contributed by atoms with Crippen LogP contribution in [0.2, 0.25) is 0 Å². The first-order valence-corrected chi connectivity index (χ1v) is 29.2. The minimum Gasteiger partial charge on any atom is -0.311 e. The molecule has 2 aliphatic rings. The highest BCUT2D eigenvalue weighted by Gasteiger charge is 2.42. The van der Waals surface area contributed by atoms with Crippen LogP contribution in [0.4, 0.5) is 34.1 Å². The molecule has 2 aliphatic heterocycles. The van der Waals surface area contributed by atoms with E-state index in [1.807, 2.05) is 23.5 Å². The van der Waals surface area contributed by atoms with Crippen molar-refractivity contribution in [2.75, 3.05) is 9.80 Å². The molecule has 0 radical (unpaired) electrons. The largest absolute Gasteiger partial charge is 0.311 e. The van der Waals surface area contributed by atoms with Crippen molar-refractivity contribution < 1.29 is 0 Å². The maximum atomic E-state index is 5.32. The first-order valence-electron chi connectivity index (χ1n) is 28.3. The number of aromatic nitrogens is 3. The number of hydrogen-bond acceptors (Lipinski definition) is 5. The van der Waals surface area contributed by atoms with Crippen molar-refractivity contribution >= 4 is 111 Å². The third-order valence-corrected chi connectivity index (χ3v) is 18.2. The van der Waals surface area contributed by atoms with E-state index in [0.29, 0.717) is 5.82 Å². The van der Waals surface area contributed by atoms with Crippen LogP contribution in [0.25, 0.3) is 104 Å². The fourth-order valence-corrected chi connectivity index (χ4v) is 14.6. The van der Waals surface area contributed by atoms with Gasteiger partial charge in [0.1, 0.15) is 0 Å². The highest BCUT2D eigenvalue weighted by atomic mass is 32.1. The first kappa shape index (κ1) is 47.2. The molecule has 12 aromatic carbocycles. The molecular weight excluding hydrogens is 1030 g/mol. The topological polar surface area (TPSA) is 37.2 Å². The molecule has 17 rings (SSSR count). The average Bonchev–Trinajstić information content (AvgIpc) is 4.00. The summed E-state index contributed by atoms with van der Waals surface area (Å²) in [6, 6.07) is 106. The van der Waals surface area contributed by atoms with E-state index in [-0.39, 0.29) is 6.71 Å². The second kappa shape index (κ2) is 19.0. The summed E-state index contributed by atoms with van der Waals surface area (Å²) in [7, 11) is 0. The summed E-state index contributed by atoms with van der Waals surface area (Å²) in [5.74, 6) is 0.671. The number of para-hydroxylation sites is 4. The highest BCUT2D eigenvalue weighted by molar-refractivity contribution is 7.26. The fraction of sp³-hybridized carbons (Fsp3) is 0. The van der Waals surface area contributed by atoms with Gasteiger partial charge in [-0.05, 0) is 124 Å². The van der Waals surface area contributed by atoms with Crippen LogP contribution in [-0.2, 0) is 0 Å². The van der Waals surface area contributed by atoms with Crippen molar-refractivity contribution in [3.63, 3.8) is 0 Å². The molecule has 386 valence electrons. The van der Waals surface area contributed by atoms with Crippen molar-refractivity contribution in [3.8, 4) is 61.8 Å². The molecule has 0 atom stereocenters. The first-order chi connectivity index (χ1) is 41.2. The van der Waals surface area contributed by atoms with E-state index in [1.54, 1.807) is 0 Å². The Morgan fingerprint density at radius 1 is 0.325 bits per heavy atom. The van der Waals surface area contributed by atoms with Gasteiger partial charge in [-0.2, -0.15) is 0 Å². The zero-order valence-corrected chi connectivity index (χ0v) is 45.8. The van der Waals surface area contributed by atoms with Gasteiger partial charge < -0.3 is 14.4 Å². The van der Waals surface area contributed by atoms with Gasteiger partial charge in [0, 0.05) is 87.3 Å².